The largest absolute Gasteiger partial charge is 0.456 e. The van der Waals surface area contributed by atoms with Gasteiger partial charge in [-0.05, 0) is 6.07 Å². The number of benzene rings is 1. The standard InChI is InChI=1S/C20H21N3O2S2/c1-22-19(24)18(27-20(22)26)12-17-15(13-23-9-7-21-8-10-23)11-16(25-17)14-5-3-2-4-6-14/h2-6,11-12,21H,7-10,13H2,1H3. The molecule has 1 aromatic heterocycles. The summed E-state index contributed by atoms with van der Waals surface area (Å²) in [6.07, 6.45) is 1.84. The number of furan rings is 1. The fourth-order valence-corrected chi connectivity index (χ4v) is 4.36. The minimum Gasteiger partial charge on any atom is -0.456 e. The van der Waals surface area contributed by atoms with Crippen LogP contribution in [-0.4, -0.2) is 53.3 Å². The van der Waals surface area contributed by atoms with Crippen molar-refractivity contribution in [2.75, 3.05) is 33.2 Å². The van der Waals surface area contributed by atoms with E-state index in [0.717, 1.165) is 55.4 Å². The van der Waals surface area contributed by atoms with E-state index in [1.54, 1.807) is 7.05 Å². The first kappa shape index (κ1) is 18.4. The van der Waals surface area contributed by atoms with Crippen LogP contribution in [-0.2, 0) is 11.3 Å². The number of carbonyl (C=O) groups excluding carboxylic acids is 1. The van der Waals surface area contributed by atoms with Gasteiger partial charge in [-0.3, -0.25) is 14.6 Å². The molecule has 4 rings (SSSR count). The third-order valence-corrected chi connectivity index (χ3v) is 6.24. The van der Waals surface area contributed by atoms with Gasteiger partial charge in [-0.2, -0.15) is 0 Å². The molecule has 5 nitrogen and oxygen atoms in total. The Balaban J connectivity index is 1.68. The van der Waals surface area contributed by atoms with Crippen LogP contribution in [0.15, 0.2) is 45.7 Å². The summed E-state index contributed by atoms with van der Waals surface area (Å²) in [5, 5.41) is 3.38. The van der Waals surface area contributed by atoms with Gasteiger partial charge < -0.3 is 9.73 Å². The van der Waals surface area contributed by atoms with Crippen molar-refractivity contribution in [1.29, 1.82) is 0 Å². The molecule has 1 aromatic carbocycles. The van der Waals surface area contributed by atoms with Crippen LogP contribution in [0.4, 0.5) is 0 Å². The molecule has 1 amide bonds. The Kier molecular flexibility index (Phi) is 5.45. The summed E-state index contributed by atoms with van der Waals surface area (Å²) >= 11 is 6.56. The molecule has 140 valence electrons. The second kappa shape index (κ2) is 7.98. The molecule has 0 aliphatic carbocycles. The van der Waals surface area contributed by atoms with Gasteiger partial charge in [0.25, 0.3) is 5.91 Å². The summed E-state index contributed by atoms with van der Waals surface area (Å²) in [4.78, 5) is 16.9. The summed E-state index contributed by atoms with van der Waals surface area (Å²) in [6.45, 7) is 4.79. The highest BCUT2D eigenvalue weighted by atomic mass is 32.2. The van der Waals surface area contributed by atoms with Crippen LogP contribution in [0.5, 0.6) is 0 Å². The average Bonchev–Trinajstić information content (AvgIpc) is 3.20. The molecule has 2 aliphatic heterocycles. The maximum absolute atomic E-state index is 12.4. The van der Waals surface area contributed by atoms with Crippen molar-refractivity contribution in [3.05, 3.63) is 52.6 Å². The molecule has 3 heterocycles. The Labute approximate surface area is 168 Å². The third-order valence-electron chi connectivity index (χ3n) is 4.75. The molecule has 0 saturated carbocycles. The highest BCUT2D eigenvalue weighted by molar-refractivity contribution is 8.26. The molecular weight excluding hydrogens is 378 g/mol. The molecule has 0 spiro atoms. The zero-order chi connectivity index (χ0) is 18.8. The first-order valence-corrected chi connectivity index (χ1v) is 10.2. The summed E-state index contributed by atoms with van der Waals surface area (Å²) in [5.41, 5.74) is 2.12. The van der Waals surface area contributed by atoms with Crippen LogP contribution in [0.1, 0.15) is 11.3 Å². The van der Waals surface area contributed by atoms with Crippen LogP contribution in [0.2, 0.25) is 0 Å². The van der Waals surface area contributed by atoms with Crippen molar-refractivity contribution in [3.8, 4) is 11.3 Å². The van der Waals surface area contributed by atoms with Gasteiger partial charge in [0.2, 0.25) is 0 Å². The quantitative estimate of drug-likeness (QED) is 0.630. The molecule has 0 radical (unpaired) electrons. The Hall–Kier alpha value is -1.93. The molecule has 0 atom stereocenters. The minimum absolute atomic E-state index is 0.0733. The Morgan fingerprint density at radius 3 is 2.67 bits per heavy atom. The number of hydrogen-bond acceptors (Lipinski definition) is 6. The molecular formula is C20H21N3O2S2. The fraction of sp³-hybridized carbons (Fsp3) is 0.300. The van der Waals surface area contributed by atoms with Gasteiger partial charge in [-0.25, -0.2) is 0 Å². The van der Waals surface area contributed by atoms with Crippen molar-refractivity contribution < 1.29 is 9.21 Å². The number of hydrogen-bond donors (Lipinski definition) is 1. The van der Waals surface area contributed by atoms with Gasteiger partial charge in [-0.1, -0.05) is 54.3 Å². The van der Waals surface area contributed by atoms with E-state index in [1.807, 2.05) is 36.4 Å². The molecule has 2 aliphatic rings. The molecule has 1 N–H and O–H groups in total. The SMILES string of the molecule is CN1C(=O)C(=Cc2oc(-c3ccccc3)cc2CN2CCNCC2)SC1=S. The maximum atomic E-state index is 12.4. The zero-order valence-corrected chi connectivity index (χ0v) is 16.7. The lowest BCUT2D eigenvalue weighted by molar-refractivity contribution is -0.121. The lowest BCUT2D eigenvalue weighted by Gasteiger charge is -2.26. The second-order valence-corrected chi connectivity index (χ2v) is 8.31. The first-order valence-electron chi connectivity index (χ1n) is 8.94. The number of piperazine rings is 1. The van der Waals surface area contributed by atoms with Crippen LogP contribution in [0.25, 0.3) is 17.4 Å². The number of likely N-dealkylation sites (N-methyl/N-ethyl adjacent to an activating group) is 1. The highest BCUT2D eigenvalue weighted by Gasteiger charge is 2.29. The van der Waals surface area contributed by atoms with Gasteiger partial charge in [0.15, 0.2) is 0 Å². The molecule has 7 heteroatoms. The average molecular weight is 400 g/mol. The number of thiocarbonyl (C=S) groups is 1. The van der Waals surface area contributed by atoms with Crippen molar-refractivity contribution in [3.63, 3.8) is 0 Å². The van der Waals surface area contributed by atoms with Gasteiger partial charge in [0.05, 0.1) is 4.91 Å². The lowest BCUT2D eigenvalue weighted by Crippen LogP contribution is -2.42. The van der Waals surface area contributed by atoms with Crippen molar-refractivity contribution >= 4 is 40.3 Å². The van der Waals surface area contributed by atoms with E-state index in [-0.39, 0.29) is 5.91 Å². The number of nitrogens with one attached hydrogen (secondary N) is 1. The van der Waals surface area contributed by atoms with E-state index in [1.165, 1.54) is 16.7 Å². The Morgan fingerprint density at radius 2 is 2.00 bits per heavy atom. The van der Waals surface area contributed by atoms with E-state index in [0.29, 0.717) is 9.23 Å². The fourth-order valence-electron chi connectivity index (χ4n) is 3.21. The number of thioether (sulfide) groups is 1. The summed E-state index contributed by atoms with van der Waals surface area (Å²) in [6, 6.07) is 12.1. The lowest BCUT2D eigenvalue weighted by atomic mass is 10.1. The topological polar surface area (TPSA) is 48.7 Å². The number of nitrogens with zero attached hydrogens (tertiary/aromatic N) is 2. The van der Waals surface area contributed by atoms with Gasteiger partial charge in [0.1, 0.15) is 15.8 Å². The smallest absolute Gasteiger partial charge is 0.266 e. The van der Waals surface area contributed by atoms with E-state index in [2.05, 4.69) is 16.3 Å². The van der Waals surface area contributed by atoms with E-state index in [4.69, 9.17) is 16.6 Å². The second-order valence-electron chi connectivity index (χ2n) is 6.63. The molecule has 2 fully saturated rings. The zero-order valence-electron chi connectivity index (χ0n) is 15.1. The Bertz CT molecular complexity index is 886. The molecule has 27 heavy (non-hydrogen) atoms. The summed E-state index contributed by atoms with van der Waals surface area (Å²) < 4.78 is 6.75. The van der Waals surface area contributed by atoms with E-state index < -0.39 is 0 Å². The summed E-state index contributed by atoms with van der Waals surface area (Å²) in [7, 11) is 1.71. The van der Waals surface area contributed by atoms with Crippen LogP contribution >= 0.6 is 24.0 Å². The maximum Gasteiger partial charge on any atom is 0.266 e. The van der Waals surface area contributed by atoms with Gasteiger partial charge in [-0.15, -0.1) is 0 Å². The van der Waals surface area contributed by atoms with E-state index in [9.17, 15) is 4.79 Å². The summed E-state index contributed by atoms with van der Waals surface area (Å²) in [5.74, 6) is 1.48. The predicted octanol–water partition coefficient (Wildman–Crippen LogP) is 3.18. The number of carbonyl (C=O) groups is 1. The Morgan fingerprint density at radius 1 is 1.26 bits per heavy atom. The number of rotatable bonds is 4. The molecule has 0 unspecified atom stereocenters. The minimum atomic E-state index is -0.0733. The van der Waals surface area contributed by atoms with Gasteiger partial charge >= 0.3 is 0 Å². The normalized spacial score (nSPS) is 20.0. The number of amides is 1. The van der Waals surface area contributed by atoms with Crippen LogP contribution in [0, 0.1) is 0 Å². The van der Waals surface area contributed by atoms with Crippen LogP contribution in [0.3, 0.4) is 0 Å². The highest BCUT2D eigenvalue weighted by Crippen LogP contribution is 2.34. The molecule has 2 saturated heterocycles. The monoisotopic (exact) mass is 399 g/mol. The van der Waals surface area contributed by atoms with Crippen molar-refractivity contribution in [1.82, 2.24) is 15.1 Å². The van der Waals surface area contributed by atoms with Gasteiger partial charge in [0, 0.05) is 57.0 Å². The van der Waals surface area contributed by atoms with Crippen molar-refractivity contribution in [2.45, 2.75) is 6.54 Å². The van der Waals surface area contributed by atoms with Crippen LogP contribution < -0.4 is 5.32 Å². The third kappa shape index (κ3) is 4.01. The first-order chi connectivity index (χ1) is 13.1. The predicted molar refractivity (Wildman–Crippen MR) is 113 cm³/mol. The molecule has 2 aromatic rings. The van der Waals surface area contributed by atoms with E-state index >= 15 is 0 Å². The van der Waals surface area contributed by atoms with Crippen molar-refractivity contribution in [2.24, 2.45) is 0 Å². The molecule has 0 bridgehead atoms.